The van der Waals surface area contributed by atoms with Gasteiger partial charge in [-0.1, -0.05) is 324 Å². The highest BCUT2D eigenvalue weighted by atomic mass is 16.6. The topological polar surface area (TPSA) is 78.9 Å². The molecule has 0 aromatic carbocycles. The lowest BCUT2D eigenvalue weighted by Gasteiger charge is -2.18. The molecule has 0 N–H and O–H groups in total. The Labute approximate surface area is 503 Å². The van der Waals surface area contributed by atoms with Crippen LogP contribution in [0.4, 0.5) is 0 Å². The third-order valence-corrected chi connectivity index (χ3v) is 15.4. The lowest BCUT2D eigenvalue weighted by Crippen LogP contribution is -2.30. The van der Waals surface area contributed by atoms with Crippen molar-refractivity contribution in [3.05, 3.63) is 85.1 Å². The van der Waals surface area contributed by atoms with E-state index >= 15 is 0 Å². The van der Waals surface area contributed by atoms with E-state index in [9.17, 15) is 14.4 Å². The molecule has 1 atom stereocenters. The fraction of sp³-hybridized carbons (Fsp3) is 0.773. The minimum atomic E-state index is -0.777. The highest BCUT2D eigenvalue weighted by Crippen LogP contribution is 2.18. The van der Waals surface area contributed by atoms with Crippen molar-refractivity contribution in [3.63, 3.8) is 0 Å². The molecule has 6 heteroatoms. The van der Waals surface area contributed by atoms with Gasteiger partial charge < -0.3 is 14.2 Å². The maximum Gasteiger partial charge on any atom is 0.306 e. The average Bonchev–Trinajstić information content (AvgIpc) is 3.47. The Balaban J connectivity index is 4.09. The molecule has 0 aliphatic rings. The Morgan fingerprint density at radius 1 is 0.259 bits per heavy atom. The summed E-state index contributed by atoms with van der Waals surface area (Å²) in [4.78, 5) is 38.3. The number of hydrogen-bond donors (Lipinski definition) is 0. The fourth-order valence-electron chi connectivity index (χ4n) is 10.2. The van der Waals surface area contributed by atoms with Crippen LogP contribution in [0.2, 0.25) is 0 Å². The summed E-state index contributed by atoms with van der Waals surface area (Å²) < 4.78 is 16.9. The summed E-state index contributed by atoms with van der Waals surface area (Å²) >= 11 is 0. The van der Waals surface area contributed by atoms with Crippen molar-refractivity contribution in [1.29, 1.82) is 0 Å². The van der Waals surface area contributed by atoms with Gasteiger partial charge in [-0.2, -0.15) is 0 Å². The number of allylic oxidation sites excluding steroid dienone is 14. The summed E-state index contributed by atoms with van der Waals surface area (Å²) in [7, 11) is 0. The van der Waals surface area contributed by atoms with Gasteiger partial charge in [-0.15, -0.1) is 0 Å². The number of rotatable bonds is 64. The van der Waals surface area contributed by atoms with Crippen molar-refractivity contribution < 1.29 is 28.6 Å². The largest absolute Gasteiger partial charge is 0.462 e. The van der Waals surface area contributed by atoms with Crippen LogP contribution in [0.15, 0.2) is 85.1 Å². The Morgan fingerprint density at radius 3 is 0.778 bits per heavy atom. The molecule has 0 fully saturated rings. The van der Waals surface area contributed by atoms with Gasteiger partial charge in [0.1, 0.15) is 13.2 Å². The molecular weight excluding hydrogens is 997 g/mol. The van der Waals surface area contributed by atoms with Gasteiger partial charge in [-0.25, -0.2) is 0 Å². The van der Waals surface area contributed by atoms with Crippen molar-refractivity contribution in [2.45, 2.75) is 361 Å². The van der Waals surface area contributed by atoms with Crippen molar-refractivity contribution in [3.8, 4) is 0 Å². The third-order valence-electron chi connectivity index (χ3n) is 15.4. The van der Waals surface area contributed by atoms with Crippen LogP contribution in [-0.4, -0.2) is 37.2 Å². The zero-order valence-corrected chi connectivity index (χ0v) is 53.8. The van der Waals surface area contributed by atoms with Crippen LogP contribution in [0.5, 0.6) is 0 Å². The molecule has 0 aliphatic carbocycles. The highest BCUT2D eigenvalue weighted by molar-refractivity contribution is 5.71. The molecule has 0 rings (SSSR count). The van der Waals surface area contributed by atoms with E-state index < -0.39 is 6.10 Å². The molecule has 0 aromatic heterocycles. The first-order valence-electron chi connectivity index (χ1n) is 35.1. The number of carbonyl (C=O) groups is 3. The standard InChI is InChI=1S/C75H132O6/c1-4-7-10-13-16-19-22-24-26-28-29-30-31-32-33-34-35-36-37-38-39-40-41-42-43-44-45-47-48-50-53-56-59-62-65-68-74(77)80-71-72(70-79-73(76)67-64-61-58-55-52-21-18-15-12-9-6-3)81-75(78)69-66-63-60-57-54-51-49-46-27-25-23-20-17-14-11-8-5-2/h7,10,16-17,19-20,24-27,29-30,32-33,72H,4-6,8-9,11-15,18,21-23,28,31,34-71H2,1-3H3/b10-7-,19-16-,20-17-,26-24-,27-25-,30-29-,33-32-. The second-order valence-electron chi connectivity index (χ2n) is 23.4. The molecule has 0 aromatic rings. The first kappa shape index (κ1) is 77.6. The zero-order valence-electron chi connectivity index (χ0n) is 53.8. The van der Waals surface area contributed by atoms with Gasteiger partial charge in [0.05, 0.1) is 0 Å². The van der Waals surface area contributed by atoms with E-state index in [1.807, 2.05) is 0 Å². The lowest BCUT2D eigenvalue weighted by atomic mass is 10.0. The number of esters is 3. The maximum absolute atomic E-state index is 12.9. The second kappa shape index (κ2) is 69.1. The van der Waals surface area contributed by atoms with Gasteiger partial charge in [0.2, 0.25) is 0 Å². The zero-order chi connectivity index (χ0) is 58.5. The van der Waals surface area contributed by atoms with Crippen molar-refractivity contribution in [2.24, 2.45) is 0 Å². The normalized spacial score (nSPS) is 12.6. The molecule has 0 bridgehead atoms. The second-order valence-corrected chi connectivity index (χ2v) is 23.4. The molecule has 468 valence electrons. The number of carbonyl (C=O) groups excluding carboxylic acids is 3. The first-order valence-corrected chi connectivity index (χ1v) is 35.1. The first-order chi connectivity index (χ1) is 40.0. The monoisotopic (exact) mass is 1130 g/mol. The third kappa shape index (κ3) is 67.3. The van der Waals surface area contributed by atoms with E-state index in [1.165, 1.54) is 212 Å². The van der Waals surface area contributed by atoms with Crippen LogP contribution in [0.25, 0.3) is 0 Å². The molecule has 0 radical (unpaired) electrons. The minimum absolute atomic E-state index is 0.0736. The molecule has 0 heterocycles. The van der Waals surface area contributed by atoms with Gasteiger partial charge in [-0.3, -0.25) is 14.4 Å². The van der Waals surface area contributed by atoms with Crippen LogP contribution < -0.4 is 0 Å². The van der Waals surface area contributed by atoms with Crippen LogP contribution in [-0.2, 0) is 28.6 Å². The van der Waals surface area contributed by atoms with E-state index in [4.69, 9.17) is 14.2 Å². The Bertz CT molecular complexity index is 1530. The number of unbranched alkanes of at least 4 members (excludes halogenated alkanes) is 39. The predicted octanol–water partition coefficient (Wildman–Crippen LogP) is 24.2. The molecule has 0 saturated carbocycles. The summed E-state index contributed by atoms with van der Waals surface area (Å²) in [5, 5.41) is 0. The molecule has 0 aliphatic heterocycles. The van der Waals surface area contributed by atoms with Gasteiger partial charge in [0.25, 0.3) is 0 Å². The molecule has 0 spiro atoms. The van der Waals surface area contributed by atoms with Crippen LogP contribution in [0.1, 0.15) is 355 Å². The number of ether oxygens (including phenoxy) is 3. The molecular formula is C75H132O6. The quantitative estimate of drug-likeness (QED) is 0.0261. The van der Waals surface area contributed by atoms with Crippen LogP contribution in [0.3, 0.4) is 0 Å². The average molecular weight is 1130 g/mol. The van der Waals surface area contributed by atoms with Gasteiger partial charge >= 0.3 is 17.9 Å². The predicted molar refractivity (Wildman–Crippen MR) is 353 cm³/mol. The van der Waals surface area contributed by atoms with Crippen LogP contribution in [0, 0.1) is 0 Å². The smallest absolute Gasteiger partial charge is 0.306 e. The SMILES string of the molecule is CC/C=C\C/C=C\C/C=C\C/C=C\C/C=C\CCCCCCCCCCCCCCCCCCCCCC(=O)OCC(COC(=O)CCCCCCCCCCCCC)OC(=O)CCCCCCCCC/C=C\C/C=C\CCCCC. The molecule has 6 nitrogen and oxygen atoms in total. The summed E-state index contributed by atoms with van der Waals surface area (Å²) in [6, 6.07) is 0. The minimum Gasteiger partial charge on any atom is -0.462 e. The van der Waals surface area contributed by atoms with Crippen molar-refractivity contribution in [1.82, 2.24) is 0 Å². The molecule has 0 saturated heterocycles. The highest BCUT2D eigenvalue weighted by Gasteiger charge is 2.19. The molecule has 81 heavy (non-hydrogen) atoms. The fourth-order valence-corrected chi connectivity index (χ4v) is 10.2. The summed E-state index contributed by atoms with van der Waals surface area (Å²) in [6.45, 7) is 6.53. The Kier molecular flexibility index (Phi) is 66.2. The number of hydrogen-bond acceptors (Lipinski definition) is 6. The lowest BCUT2D eigenvalue weighted by molar-refractivity contribution is -0.167. The van der Waals surface area contributed by atoms with E-state index in [1.54, 1.807) is 0 Å². The Morgan fingerprint density at radius 2 is 0.481 bits per heavy atom. The van der Waals surface area contributed by atoms with Gasteiger partial charge in [-0.05, 0) is 96.3 Å². The van der Waals surface area contributed by atoms with E-state index in [0.717, 1.165) is 103 Å². The summed E-state index contributed by atoms with van der Waals surface area (Å²) in [5.74, 6) is -0.863. The Hall–Kier alpha value is -3.41. The molecule has 1 unspecified atom stereocenters. The summed E-state index contributed by atoms with van der Waals surface area (Å²) in [5.41, 5.74) is 0. The molecule has 0 amide bonds. The van der Waals surface area contributed by atoms with Gasteiger partial charge in [0.15, 0.2) is 6.10 Å². The van der Waals surface area contributed by atoms with Crippen molar-refractivity contribution >= 4 is 17.9 Å². The summed E-state index contributed by atoms with van der Waals surface area (Å²) in [6.07, 6.45) is 91.9. The van der Waals surface area contributed by atoms with Crippen LogP contribution >= 0.6 is 0 Å². The van der Waals surface area contributed by atoms with E-state index in [0.29, 0.717) is 19.3 Å². The maximum atomic E-state index is 12.9. The van der Waals surface area contributed by atoms with Gasteiger partial charge in [0, 0.05) is 19.3 Å². The van der Waals surface area contributed by atoms with E-state index in [2.05, 4.69) is 106 Å². The van der Waals surface area contributed by atoms with Crippen molar-refractivity contribution in [2.75, 3.05) is 13.2 Å². The van der Waals surface area contributed by atoms with E-state index in [-0.39, 0.29) is 31.1 Å².